The number of nitrogens with one attached hydrogen (secondary N) is 2. The lowest BCUT2D eigenvalue weighted by molar-refractivity contribution is -0.134. The van der Waals surface area contributed by atoms with E-state index in [9.17, 15) is 14.4 Å². The third kappa shape index (κ3) is 2.69. The second-order valence-corrected chi connectivity index (χ2v) is 3.84. The summed E-state index contributed by atoms with van der Waals surface area (Å²) in [6, 6.07) is 8.02. The summed E-state index contributed by atoms with van der Waals surface area (Å²) in [5, 5.41) is 4.80. The number of benzene rings is 1. The van der Waals surface area contributed by atoms with Crippen LogP contribution < -0.4 is 10.6 Å². The molecule has 0 radical (unpaired) electrons. The van der Waals surface area contributed by atoms with Crippen molar-refractivity contribution >= 4 is 17.7 Å². The number of hydrogen-bond acceptors (Lipinski definition) is 3. The van der Waals surface area contributed by atoms with Crippen molar-refractivity contribution in [2.75, 3.05) is 0 Å². The van der Waals surface area contributed by atoms with Crippen molar-refractivity contribution in [1.82, 2.24) is 10.6 Å². The normalized spacial score (nSPS) is 19.6. The number of carbonyl (C=O) groups excluding carboxylic acids is 3. The highest BCUT2D eigenvalue weighted by molar-refractivity contribution is 6.03. The monoisotopic (exact) mass is 236 g/mol. The molecule has 1 aromatic rings. The van der Waals surface area contributed by atoms with Crippen LogP contribution >= 0.6 is 0 Å². The van der Waals surface area contributed by atoms with Gasteiger partial charge in [0.1, 0.15) is 6.04 Å². The van der Waals surface area contributed by atoms with Gasteiger partial charge >= 0.3 is 0 Å². The van der Waals surface area contributed by atoms with Crippen LogP contribution in [0.1, 0.15) is 26.1 Å². The van der Waals surface area contributed by atoms with Gasteiger partial charge in [-0.25, -0.2) is 0 Å². The van der Waals surface area contributed by atoms with E-state index in [-0.39, 0.29) is 21.1 Å². The van der Waals surface area contributed by atoms with Gasteiger partial charge in [-0.05, 0) is 18.6 Å². The van der Waals surface area contributed by atoms with Gasteiger partial charge in [-0.3, -0.25) is 19.7 Å². The standard InChI is InChI=1S/C12H12N2O3.2H2/c15-10-7-6-9(12(17)14-10)13-11(16)8-4-2-1-3-5-8;;/h1-5,9H,6-7H2,(H,13,16)(H,14,15,17);2*1H. The Kier molecular flexibility index (Phi) is 3.18. The summed E-state index contributed by atoms with van der Waals surface area (Å²) >= 11 is 0. The maximum atomic E-state index is 11.8. The lowest BCUT2D eigenvalue weighted by Gasteiger charge is -2.21. The topological polar surface area (TPSA) is 75.3 Å². The van der Waals surface area contributed by atoms with Crippen LogP contribution in [-0.4, -0.2) is 23.8 Å². The van der Waals surface area contributed by atoms with Crippen LogP contribution in [0.3, 0.4) is 0 Å². The average molecular weight is 236 g/mol. The zero-order valence-electron chi connectivity index (χ0n) is 9.10. The highest BCUT2D eigenvalue weighted by atomic mass is 16.2. The minimum Gasteiger partial charge on any atom is -0.340 e. The van der Waals surface area contributed by atoms with Crippen LogP contribution in [0.15, 0.2) is 30.3 Å². The number of piperidine rings is 1. The van der Waals surface area contributed by atoms with E-state index < -0.39 is 11.9 Å². The minimum absolute atomic E-state index is 0. The number of imide groups is 1. The molecule has 0 spiro atoms. The highest BCUT2D eigenvalue weighted by Crippen LogP contribution is 2.06. The molecule has 0 aliphatic carbocycles. The second-order valence-electron chi connectivity index (χ2n) is 3.84. The fourth-order valence-corrected chi connectivity index (χ4v) is 1.66. The predicted octanol–water partition coefficient (Wildman–Crippen LogP) is 0.714. The second kappa shape index (κ2) is 4.78. The van der Waals surface area contributed by atoms with E-state index in [1.165, 1.54) is 0 Å². The van der Waals surface area contributed by atoms with Gasteiger partial charge < -0.3 is 5.32 Å². The molecular formula is C12H16N2O3. The van der Waals surface area contributed by atoms with E-state index in [1.54, 1.807) is 24.3 Å². The van der Waals surface area contributed by atoms with Crippen molar-refractivity contribution in [2.45, 2.75) is 18.9 Å². The molecule has 3 amide bonds. The SMILES string of the molecule is O=C1CCC(NC(=O)c2ccccc2)C(=O)N1.[HH].[HH]. The van der Waals surface area contributed by atoms with Gasteiger partial charge in [0.05, 0.1) is 0 Å². The van der Waals surface area contributed by atoms with Gasteiger partial charge in [-0.2, -0.15) is 0 Å². The summed E-state index contributed by atoms with van der Waals surface area (Å²) in [4.78, 5) is 34.1. The van der Waals surface area contributed by atoms with Crippen LogP contribution in [-0.2, 0) is 9.59 Å². The predicted molar refractivity (Wildman–Crippen MR) is 64.3 cm³/mol. The Balaban J connectivity index is 0.00000162. The number of carbonyl (C=O) groups is 3. The van der Waals surface area contributed by atoms with E-state index in [0.717, 1.165) is 0 Å². The third-order valence-corrected chi connectivity index (χ3v) is 2.58. The largest absolute Gasteiger partial charge is 0.340 e. The molecule has 1 fully saturated rings. The molecule has 1 heterocycles. The first kappa shape index (κ1) is 11.3. The lowest BCUT2D eigenvalue weighted by Crippen LogP contribution is -2.52. The molecule has 0 bridgehead atoms. The molecule has 92 valence electrons. The average Bonchev–Trinajstić information content (AvgIpc) is 2.34. The van der Waals surface area contributed by atoms with Crippen LogP contribution in [0.5, 0.6) is 0 Å². The molecule has 2 rings (SSSR count). The highest BCUT2D eigenvalue weighted by Gasteiger charge is 2.27. The number of rotatable bonds is 2. The molecule has 1 saturated heterocycles. The summed E-state index contributed by atoms with van der Waals surface area (Å²) in [6.07, 6.45) is 0.606. The van der Waals surface area contributed by atoms with Crippen molar-refractivity contribution in [2.24, 2.45) is 0 Å². The Labute approximate surface area is 101 Å². The minimum atomic E-state index is -0.625. The van der Waals surface area contributed by atoms with Crippen LogP contribution in [0.2, 0.25) is 0 Å². The molecule has 0 aromatic heterocycles. The van der Waals surface area contributed by atoms with Crippen molar-refractivity contribution in [3.8, 4) is 0 Å². The first-order chi connectivity index (χ1) is 8.16. The van der Waals surface area contributed by atoms with E-state index in [0.29, 0.717) is 12.0 Å². The van der Waals surface area contributed by atoms with Crippen LogP contribution in [0, 0.1) is 0 Å². The van der Waals surface area contributed by atoms with Crippen molar-refractivity contribution in [1.29, 1.82) is 0 Å². The van der Waals surface area contributed by atoms with E-state index in [2.05, 4.69) is 10.6 Å². The third-order valence-electron chi connectivity index (χ3n) is 2.58. The van der Waals surface area contributed by atoms with Gasteiger partial charge in [-0.15, -0.1) is 0 Å². The van der Waals surface area contributed by atoms with Gasteiger partial charge in [0.2, 0.25) is 11.8 Å². The van der Waals surface area contributed by atoms with Crippen LogP contribution in [0.25, 0.3) is 0 Å². The Morgan fingerprint density at radius 2 is 2.00 bits per heavy atom. The summed E-state index contributed by atoms with van der Waals surface area (Å²) < 4.78 is 0. The van der Waals surface area contributed by atoms with Crippen molar-refractivity contribution < 1.29 is 17.2 Å². The van der Waals surface area contributed by atoms with Gasteiger partial charge in [0.25, 0.3) is 5.91 Å². The Hall–Kier alpha value is -2.17. The fourth-order valence-electron chi connectivity index (χ4n) is 1.66. The molecule has 0 saturated carbocycles. The molecule has 2 N–H and O–H groups in total. The number of amides is 3. The van der Waals surface area contributed by atoms with Crippen LogP contribution in [0.4, 0.5) is 0 Å². The first-order valence-electron chi connectivity index (χ1n) is 5.36. The molecule has 5 heteroatoms. The van der Waals surface area contributed by atoms with Crippen molar-refractivity contribution in [3.63, 3.8) is 0 Å². The molecule has 1 aliphatic rings. The van der Waals surface area contributed by atoms with Gasteiger partial charge in [-0.1, -0.05) is 18.2 Å². The van der Waals surface area contributed by atoms with Gasteiger partial charge in [0.15, 0.2) is 0 Å². The quantitative estimate of drug-likeness (QED) is 0.743. The maximum Gasteiger partial charge on any atom is 0.251 e. The molecule has 5 nitrogen and oxygen atoms in total. The molecule has 1 unspecified atom stereocenters. The van der Waals surface area contributed by atoms with E-state index >= 15 is 0 Å². The summed E-state index contributed by atoms with van der Waals surface area (Å²) in [5.74, 6) is -1.04. The molecular weight excluding hydrogens is 220 g/mol. The zero-order chi connectivity index (χ0) is 12.3. The van der Waals surface area contributed by atoms with Crippen molar-refractivity contribution in [3.05, 3.63) is 35.9 Å². The van der Waals surface area contributed by atoms with Gasteiger partial charge in [0, 0.05) is 14.8 Å². The molecule has 17 heavy (non-hydrogen) atoms. The number of hydrogen-bond donors (Lipinski definition) is 2. The molecule has 1 aromatic carbocycles. The zero-order valence-corrected chi connectivity index (χ0v) is 9.10. The maximum absolute atomic E-state index is 11.8. The fraction of sp³-hybridized carbons (Fsp3) is 0.250. The Morgan fingerprint density at radius 1 is 1.29 bits per heavy atom. The lowest BCUT2D eigenvalue weighted by atomic mass is 10.1. The molecule has 1 aliphatic heterocycles. The van der Waals surface area contributed by atoms with E-state index in [1.807, 2.05) is 6.07 Å². The Morgan fingerprint density at radius 3 is 2.65 bits per heavy atom. The summed E-state index contributed by atoms with van der Waals surface area (Å²) in [7, 11) is 0. The Bertz CT molecular complexity index is 465. The summed E-state index contributed by atoms with van der Waals surface area (Å²) in [6.45, 7) is 0. The smallest absolute Gasteiger partial charge is 0.251 e. The first-order valence-corrected chi connectivity index (χ1v) is 5.36. The summed E-state index contributed by atoms with van der Waals surface area (Å²) in [5.41, 5.74) is 0.497. The van der Waals surface area contributed by atoms with E-state index in [4.69, 9.17) is 0 Å². The molecule has 1 atom stereocenters.